The fraction of sp³-hybridized carbons (Fsp3) is 0.467. The first-order chi connectivity index (χ1) is 17.3. The zero-order valence-electron chi connectivity index (χ0n) is 21.6. The van der Waals surface area contributed by atoms with Crippen molar-refractivity contribution in [3.8, 4) is 0 Å². The molecular weight excluding hydrogens is 456 g/mol. The third kappa shape index (κ3) is 7.17. The molecule has 194 valence electrons. The molecule has 0 bridgehead atoms. The van der Waals surface area contributed by atoms with Crippen LogP contribution in [0.2, 0.25) is 0 Å². The van der Waals surface area contributed by atoms with Gasteiger partial charge in [0.15, 0.2) is 0 Å². The Morgan fingerprint density at radius 3 is 1.39 bits per heavy atom. The highest BCUT2D eigenvalue weighted by atomic mass is 17.2. The van der Waals surface area contributed by atoms with Crippen LogP contribution in [-0.2, 0) is 32.4 Å². The lowest BCUT2D eigenvalue weighted by Crippen LogP contribution is -2.56. The Hall–Kier alpha value is -2.70. The van der Waals surface area contributed by atoms with Gasteiger partial charge in [-0.05, 0) is 87.8 Å². The Kier molecular flexibility index (Phi) is 10.1. The third-order valence-corrected chi connectivity index (χ3v) is 6.81. The Balaban J connectivity index is 1.58. The van der Waals surface area contributed by atoms with Crippen LogP contribution in [0, 0.1) is 13.8 Å². The van der Waals surface area contributed by atoms with Crippen molar-refractivity contribution in [1.29, 1.82) is 0 Å². The van der Waals surface area contributed by atoms with Crippen molar-refractivity contribution in [3.05, 3.63) is 84.6 Å². The number of hydrogen-bond donors (Lipinski definition) is 0. The van der Waals surface area contributed by atoms with Crippen LogP contribution in [0.3, 0.4) is 0 Å². The quantitative estimate of drug-likeness (QED) is 0.234. The molecule has 2 unspecified atom stereocenters. The first-order valence-corrected chi connectivity index (χ1v) is 13.0. The van der Waals surface area contributed by atoms with Crippen LogP contribution in [0.25, 0.3) is 0 Å². The summed E-state index contributed by atoms with van der Waals surface area (Å²) in [4.78, 5) is 46.6. The van der Waals surface area contributed by atoms with E-state index >= 15 is 0 Å². The summed E-state index contributed by atoms with van der Waals surface area (Å²) >= 11 is 0. The summed E-state index contributed by atoms with van der Waals surface area (Å²) < 4.78 is 0. The highest BCUT2D eigenvalue weighted by Crippen LogP contribution is 2.42. The van der Waals surface area contributed by atoms with Gasteiger partial charge in [-0.25, -0.2) is 9.59 Å². The fourth-order valence-electron chi connectivity index (χ4n) is 4.22. The molecule has 2 atom stereocenters. The highest BCUT2D eigenvalue weighted by Gasteiger charge is 2.53. The fourth-order valence-corrected chi connectivity index (χ4v) is 4.22. The van der Waals surface area contributed by atoms with Crippen molar-refractivity contribution in [2.24, 2.45) is 0 Å². The smallest absolute Gasteiger partial charge is 0.292 e. The number of hydrogen-bond acceptors (Lipinski definition) is 6. The molecule has 0 aliphatic heterocycles. The van der Waals surface area contributed by atoms with Crippen molar-refractivity contribution in [1.82, 2.24) is 0 Å². The predicted octanol–water partition coefficient (Wildman–Crippen LogP) is 6.97. The van der Waals surface area contributed by atoms with E-state index in [1.165, 1.54) is 0 Å². The minimum atomic E-state index is -1.34. The van der Waals surface area contributed by atoms with E-state index in [9.17, 15) is 9.59 Å². The molecule has 3 rings (SSSR count). The molecule has 2 radical (unpaired) electrons. The molecule has 6 heteroatoms. The van der Waals surface area contributed by atoms with E-state index in [4.69, 9.17) is 19.6 Å². The Labute approximate surface area is 215 Å². The van der Waals surface area contributed by atoms with Crippen LogP contribution in [0.1, 0.15) is 97.1 Å². The Morgan fingerprint density at radius 1 is 0.694 bits per heavy atom. The van der Waals surface area contributed by atoms with Crippen LogP contribution < -0.4 is 0 Å². The van der Waals surface area contributed by atoms with Crippen LogP contribution in [0.4, 0.5) is 0 Å². The maximum absolute atomic E-state index is 12.6. The first kappa shape index (κ1) is 27.9. The van der Waals surface area contributed by atoms with E-state index in [1.807, 2.05) is 24.3 Å². The molecule has 2 aromatic rings. The molecule has 0 saturated heterocycles. The summed E-state index contributed by atoms with van der Waals surface area (Å²) in [5.74, 6) is -1.26. The molecular formula is C30H38O6. The van der Waals surface area contributed by atoms with Gasteiger partial charge in [0.2, 0.25) is 0 Å². The van der Waals surface area contributed by atoms with Gasteiger partial charge in [-0.3, -0.25) is 9.78 Å². The second-order valence-electron chi connectivity index (χ2n) is 9.70. The largest absolute Gasteiger partial charge is 0.373 e. The number of carbonyl (C=O) groups is 2. The SMILES string of the molecule is [CH2]C1(OOC(=O)c2ccc(CCCC)cc2)CCCCC1([CH2])OOC(=O)c1ccc(CCCC)cc1. The van der Waals surface area contributed by atoms with E-state index in [2.05, 4.69) is 27.7 Å². The number of rotatable bonds is 12. The molecule has 0 aromatic heterocycles. The molecule has 0 N–H and O–H groups in total. The molecule has 0 amide bonds. The van der Waals surface area contributed by atoms with Crippen molar-refractivity contribution < 1.29 is 29.1 Å². The minimum Gasteiger partial charge on any atom is -0.292 e. The average Bonchev–Trinajstić information content (AvgIpc) is 2.90. The van der Waals surface area contributed by atoms with Crippen molar-refractivity contribution >= 4 is 11.9 Å². The molecule has 1 saturated carbocycles. The Morgan fingerprint density at radius 2 is 1.06 bits per heavy atom. The molecule has 0 spiro atoms. The summed E-state index contributed by atoms with van der Waals surface area (Å²) in [6, 6.07) is 14.5. The minimum absolute atomic E-state index is 0.374. The lowest BCUT2D eigenvalue weighted by atomic mass is 9.74. The highest BCUT2D eigenvalue weighted by molar-refractivity contribution is 5.89. The molecule has 1 aliphatic rings. The van der Waals surface area contributed by atoms with E-state index in [-0.39, 0.29) is 0 Å². The number of aryl methyl sites for hydroxylation is 2. The molecule has 0 heterocycles. The summed E-state index contributed by atoms with van der Waals surface area (Å²) in [6.45, 7) is 12.5. The zero-order valence-corrected chi connectivity index (χ0v) is 21.6. The maximum Gasteiger partial charge on any atom is 0.373 e. The summed E-state index contributed by atoms with van der Waals surface area (Å²) in [7, 11) is 0. The molecule has 1 aliphatic carbocycles. The van der Waals surface area contributed by atoms with E-state index < -0.39 is 23.1 Å². The van der Waals surface area contributed by atoms with Gasteiger partial charge in [0.1, 0.15) is 11.2 Å². The summed E-state index contributed by atoms with van der Waals surface area (Å²) in [5.41, 5.74) is 0.396. The van der Waals surface area contributed by atoms with Crippen molar-refractivity contribution in [2.45, 2.75) is 89.3 Å². The normalized spacial score (nSPS) is 21.7. The topological polar surface area (TPSA) is 71.1 Å². The zero-order chi connectivity index (χ0) is 26.0. The van der Waals surface area contributed by atoms with E-state index in [1.54, 1.807) is 24.3 Å². The summed E-state index contributed by atoms with van der Waals surface area (Å²) in [6.07, 6.45) is 8.74. The van der Waals surface area contributed by atoms with Gasteiger partial charge in [-0.1, -0.05) is 63.8 Å². The van der Waals surface area contributed by atoms with Crippen LogP contribution >= 0.6 is 0 Å². The van der Waals surface area contributed by atoms with E-state index in [0.717, 1.165) is 62.5 Å². The number of unbranched alkanes of at least 4 members (excludes halogenated alkanes) is 2. The maximum atomic E-state index is 12.6. The summed E-state index contributed by atoms with van der Waals surface area (Å²) in [5, 5.41) is 0. The van der Waals surface area contributed by atoms with Gasteiger partial charge < -0.3 is 0 Å². The first-order valence-electron chi connectivity index (χ1n) is 13.0. The van der Waals surface area contributed by atoms with Gasteiger partial charge in [0.05, 0.1) is 11.1 Å². The average molecular weight is 495 g/mol. The van der Waals surface area contributed by atoms with Crippen molar-refractivity contribution in [3.63, 3.8) is 0 Å². The van der Waals surface area contributed by atoms with Crippen LogP contribution in [0.5, 0.6) is 0 Å². The molecule has 1 fully saturated rings. The van der Waals surface area contributed by atoms with Gasteiger partial charge in [0.25, 0.3) is 0 Å². The number of benzene rings is 2. The van der Waals surface area contributed by atoms with Gasteiger partial charge in [0, 0.05) is 0 Å². The molecule has 2 aromatic carbocycles. The molecule has 6 nitrogen and oxygen atoms in total. The monoisotopic (exact) mass is 494 g/mol. The van der Waals surface area contributed by atoms with Crippen LogP contribution in [0.15, 0.2) is 48.5 Å². The second kappa shape index (κ2) is 13.0. The lowest BCUT2D eigenvalue weighted by molar-refractivity contribution is -0.403. The van der Waals surface area contributed by atoms with Gasteiger partial charge in [-0.15, -0.1) is 0 Å². The third-order valence-electron chi connectivity index (χ3n) is 6.81. The molecule has 36 heavy (non-hydrogen) atoms. The van der Waals surface area contributed by atoms with Crippen LogP contribution in [-0.4, -0.2) is 23.1 Å². The lowest BCUT2D eigenvalue weighted by Gasteiger charge is -2.44. The number of carbonyl (C=O) groups excluding carboxylic acids is 2. The van der Waals surface area contributed by atoms with Gasteiger partial charge in [-0.2, -0.15) is 9.78 Å². The predicted molar refractivity (Wildman–Crippen MR) is 138 cm³/mol. The Bertz CT molecular complexity index is 902. The second-order valence-corrected chi connectivity index (χ2v) is 9.70. The van der Waals surface area contributed by atoms with E-state index in [0.29, 0.717) is 24.0 Å². The van der Waals surface area contributed by atoms with Gasteiger partial charge >= 0.3 is 11.9 Å². The van der Waals surface area contributed by atoms with Crippen molar-refractivity contribution in [2.75, 3.05) is 0 Å². The standard InChI is InChI=1S/C30H38O6/c1-5-7-11-23-13-17-25(18-14-23)27(31)33-35-29(3)21-9-10-22-30(29,4)36-34-28(32)26-19-15-24(16-20-26)12-8-6-2/h13-20H,3-12,21-22H2,1-2H3.